The highest BCUT2D eigenvalue weighted by Gasteiger charge is 2.36. The van der Waals surface area contributed by atoms with E-state index in [0.29, 0.717) is 10.3 Å². The van der Waals surface area contributed by atoms with E-state index in [9.17, 15) is 18.0 Å². The van der Waals surface area contributed by atoms with Crippen LogP contribution < -0.4 is 19.5 Å². The lowest BCUT2D eigenvalue weighted by Crippen LogP contribution is -2.16. The van der Waals surface area contributed by atoms with Gasteiger partial charge in [0.05, 0.1) is 27.6 Å². The molecule has 4 rings (SSSR count). The molecule has 13 heteroatoms. The molecule has 3 aromatic heterocycles. The number of carbonyl (C=O) groups is 1. The number of ether oxygens (including phenoxy) is 3. The van der Waals surface area contributed by atoms with E-state index >= 15 is 0 Å². The van der Waals surface area contributed by atoms with Crippen LogP contribution in [-0.4, -0.2) is 46.8 Å². The molecule has 0 aliphatic heterocycles. The summed E-state index contributed by atoms with van der Waals surface area (Å²) >= 11 is 0. The van der Waals surface area contributed by atoms with Gasteiger partial charge in [0.15, 0.2) is 23.0 Å². The molecule has 0 bridgehead atoms. The normalized spacial score (nSPS) is 11.5. The minimum atomic E-state index is -4.79. The summed E-state index contributed by atoms with van der Waals surface area (Å²) in [4.78, 5) is 20.6. The number of furan rings is 1. The second kappa shape index (κ2) is 8.33. The number of aromatic nitrogens is 4. The monoisotopic (exact) mass is 463 g/mol. The first-order valence-electron chi connectivity index (χ1n) is 9.25. The minimum absolute atomic E-state index is 0.106. The smallest absolute Gasteiger partial charge is 0.433 e. The second-order valence-electron chi connectivity index (χ2n) is 6.52. The predicted molar refractivity (Wildman–Crippen MR) is 108 cm³/mol. The van der Waals surface area contributed by atoms with Crippen LogP contribution in [-0.2, 0) is 6.18 Å². The van der Waals surface area contributed by atoms with E-state index in [-0.39, 0.29) is 28.6 Å². The fourth-order valence-corrected chi connectivity index (χ4v) is 3.06. The van der Waals surface area contributed by atoms with Gasteiger partial charge in [-0.25, -0.2) is 4.98 Å². The molecule has 0 saturated heterocycles. The highest BCUT2D eigenvalue weighted by Crippen LogP contribution is 2.40. The van der Waals surface area contributed by atoms with Gasteiger partial charge < -0.3 is 23.9 Å². The van der Waals surface area contributed by atoms with Gasteiger partial charge >= 0.3 is 6.18 Å². The average Bonchev–Trinajstić information content (AvgIpc) is 3.46. The van der Waals surface area contributed by atoms with Crippen molar-refractivity contribution in [3.63, 3.8) is 0 Å². The Labute approximate surface area is 183 Å². The van der Waals surface area contributed by atoms with E-state index in [1.54, 1.807) is 0 Å². The predicted octanol–water partition coefficient (Wildman–Crippen LogP) is 3.68. The number of benzene rings is 1. The third-order valence-electron chi connectivity index (χ3n) is 4.50. The van der Waals surface area contributed by atoms with Crippen molar-refractivity contribution in [2.45, 2.75) is 6.18 Å². The number of fused-ring (bicyclic) bond motifs is 1. The zero-order valence-corrected chi connectivity index (χ0v) is 17.4. The molecule has 0 atom stereocenters. The molecule has 1 amide bonds. The number of carbonyl (C=O) groups excluding carboxylic acids is 1. The molecule has 0 fully saturated rings. The molecule has 3 heterocycles. The maximum atomic E-state index is 13.6. The third-order valence-corrected chi connectivity index (χ3v) is 4.50. The van der Waals surface area contributed by atoms with Crippen LogP contribution in [0.2, 0.25) is 0 Å². The van der Waals surface area contributed by atoms with E-state index in [0.717, 1.165) is 6.07 Å². The Balaban J connectivity index is 1.74. The molecule has 1 aromatic carbocycles. The average molecular weight is 463 g/mol. The maximum absolute atomic E-state index is 13.6. The Hall–Kier alpha value is -4.29. The molecular weight excluding hydrogens is 447 g/mol. The van der Waals surface area contributed by atoms with Crippen LogP contribution in [0.5, 0.6) is 17.2 Å². The van der Waals surface area contributed by atoms with Gasteiger partial charge in [0.2, 0.25) is 11.6 Å². The third kappa shape index (κ3) is 4.12. The van der Waals surface area contributed by atoms with E-state index in [4.69, 9.17) is 18.6 Å². The van der Waals surface area contributed by atoms with Crippen molar-refractivity contribution >= 4 is 17.4 Å². The molecule has 0 unspecified atom stereocenters. The molecule has 33 heavy (non-hydrogen) atoms. The number of methoxy groups -OCH3 is 3. The Bertz CT molecular complexity index is 1290. The lowest BCUT2D eigenvalue weighted by molar-refractivity contribution is -0.142. The minimum Gasteiger partial charge on any atom is -0.493 e. The number of hydrogen-bond donors (Lipinski definition) is 1. The van der Waals surface area contributed by atoms with Gasteiger partial charge in [-0.05, 0) is 18.2 Å². The van der Waals surface area contributed by atoms with Crippen LogP contribution >= 0.6 is 0 Å². The molecular formula is C20H16F3N5O5. The maximum Gasteiger partial charge on any atom is 0.433 e. The van der Waals surface area contributed by atoms with Crippen LogP contribution in [0.4, 0.5) is 18.9 Å². The van der Waals surface area contributed by atoms with Crippen molar-refractivity contribution in [1.29, 1.82) is 0 Å². The Kier molecular flexibility index (Phi) is 5.54. The quantitative estimate of drug-likeness (QED) is 0.461. The number of nitrogens with zero attached hydrogens (tertiary/aromatic N) is 4. The lowest BCUT2D eigenvalue weighted by atomic mass is 10.2. The molecule has 0 radical (unpaired) electrons. The molecule has 10 nitrogen and oxygen atoms in total. The van der Waals surface area contributed by atoms with Crippen molar-refractivity contribution < 1.29 is 36.6 Å². The van der Waals surface area contributed by atoms with Gasteiger partial charge in [-0.1, -0.05) is 0 Å². The highest BCUT2D eigenvalue weighted by molar-refractivity contribution is 6.02. The first kappa shape index (κ1) is 21.9. The summed E-state index contributed by atoms with van der Waals surface area (Å²) < 4.78 is 62.2. The number of rotatable bonds is 6. The number of amides is 1. The number of anilines is 1. The molecule has 0 saturated carbocycles. The van der Waals surface area contributed by atoms with Crippen molar-refractivity contribution in [1.82, 2.24) is 19.6 Å². The van der Waals surface area contributed by atoms with E-state index < -0.39 is 29.4 Å². The molecule has 172 valence electrons. The van der Waals surface area contributed by atoms with Crippen molar-refractivity contribution in [2.24, 2.45) is 0 Å². The van der Waals surface area contributed by atoms with E-state index in [1.165, 1.54) is 51.9 Å². The second-order valence-corrected chi connectivity index (χ2v) is 6.52. The Morgan fingerprint density at radius 2 is 1.76 bits per heavy atom. The number of alkyl halides is 3. The molecule has 4 aromatic rings. The number of hydrogen-bond acceptors (Lipinski definition) is 8. The van der Waals surface area contributed by atoms with Crippen molar-refractivity contribution in [3.8, 4) is 28.7 Å². The first-order chi connectivity index (χ1) is 15.7. The van der Waals surface area contributed by atoms with Crippen LogP contribution in [0, 0.1) is 0 Å². The van der Waals surface area contributed by atoms with E-state index in [1.807, 2.05) is 0 Å². The summed E-state index contributed by atoms with van der Waals surface area (Å²) in [5.74, 6) is -0.895. The summed E-state index contributed by atoms with van der Waals surface area (Å²) in [6.45, 7) is 0. The Morgan fingerprint density at radius 1 is 1.06 bits per heavy atom. The van der Waals surface area contributed by atoms with Gasteiger partial charge in [-0.3, -0.25) is 4.79 Å². The highest BCUT2D eigenvalue weighted by atomic mass is 19.4. The molecule has 0 aliphatic rings. The van der Waals surface area contributed by atoms with Crippen LogP contribution in [0.25, 0.3) is 17.2 Å². The van der Waals surface area contributed by atoms with E-state index in [2.05, 4.69) is 20.4 Å². The molecule has 0 spiro atoms. The summed E-state index contributed by atoms with van der Waals surface area (Å²) in [6.07, 6.45) is -3.49. The standard InChI is InChI=1S/C20H16F3N5O5/c1-30-13-7-10(8-14(31-2)16(13)32-3)24-18(29)17-26-19-25-11(12-5-4-6-33-12)9-15(20(21,22)23)28(19)27-17/h4-9H,1-3H3,(H,24,29). The van der Waals surface area contributed by atoms with Crippen LogP contribution in [0.1, 0.15) is 16.3 Å². The summed E-state index contributed by atoms with van der Waals surface area (Å²) in [7, 11) is 4.21. The van der Waals surface area contributed by atoms with Crippen LogP contribution in [0.15, 0.2) is 41.0 Å². The van der Waals surface area contributed by atoms with Gasteiger partial charge in [0, 0.05) is 17.8 Å². The fraction of sp³-hybridized carbons (Fsp3) is 0.200. The fourth-order valence-electron chi connectivity index (χ4n) is 3.06. The van der Waals surface area contributed by atoms with Crippen molar-refractivity contribution in [2.75, 3.05) is 26.6 Å². The zero-order valence-electron chi connectivity index (χ0n) is 17.4. The molecule has 0 aliphatic carbocycles. The van der Waals surface area contributed by atoms with Gasteiger partial charge in [-0.2, -0.15) is 22.7 Å². The SMILES string of the molecule is COc1cc(NC(=O)c2nc3nc(-c4ccco4)cc(C(F)(F)F)n3n2)cc(OC)c1OC. The van der Waals surface area contributed by atoms with Gasteiger partial charge in [-0.15, -0.1) is 5.10 Å². The number of halogens is 3. The molecule has 1 N–H and O–H groups in total. The van der Waals surface area contributed by atoms with Gasteiger partial charge in [0.1, 0.15) is 5.69 Å². The first-order valence-corrected chi connectivity index (χ1v) is 9.25. The summed E-state index contributed by atoms with van der Waals surface area (Å²) in [6, 6.07) is 6.62. The Morgan fingerprint density at radius 3 is 2.30 bits per heavy atom. The lowest BCUT2D eigenvalue weighted by Gasteiger charge is -2.14. The topological polar surface area (TPSA) is 113 Å². The number of nitrogens with one attached hydrogen (secondary N) is 1. The zero-order chi connectivity index (χ0) is 23.8. The summed E-state index contributed by atoms with van der Waals surface area (Å²) in [5, 5.41) is 6.21. The van der Waals surface area contributed by atoms with Gasteiger partial charge in [0.25, 0.3) is 11.7 Å². The van der Waals surface area contributed by atoms with Crippen molar-refractivity contribution in [3.05, 3.63) is 48.1 Å². The summed E-state index contributed by atoms with van der Waals surface area (Å²) in [5.41, 5.74) is -1.06. The largest absolute Gasteiger partial charge is 0.493 e. The van der Waals surface area contributed by atoms with Crippen LogP contribution in [0.3, 0.4) is 0 Å².